The highest BCUT2D eigenvalue weighted by Gasteiger charge is 2.44. The highest BCUT2D eigenvalue weighted by atomic mass is 19.1. The Morgan fingerprint density at radius 3 is 2.24 bits per heavy atom. The number of rotatable bonds is 8. The van der Waals surface area contributed by atoms with Gasteiger partial charge in [0, 0.05) is 5.56 Å². The first kappa shape index (κ1) is 21.5. The molecule has 0 heterocycles. The summed E-state index contributed by atoms with van der Waals surface area (Å²) in [5, 5.41) is 9.98. The number of aliphatic carboxylic acids is 1. The molecule has 2 nitrogen and oxygen atoms in total. The van der Waals surface area contributed by atoms with Gasteiger partial charge in [0.25, 0.3) is 0 Å². The van der Waals surface area contributed by atoms with Crippen LogP contribution in [0.15, 0.2) is 42.5 Å². The van der Waals surface area contributed by atoms with Gasteiger partial charge in [-0.3, -0.25) is 4.79 Å². The van der Waals surface area contributed by atoms with Crippen molar-refractivity contribution in [2.24, 2.45) is 5.92 Å². The number of hydrogen-bond acceptors (Lipinski definition) is 1. The molecule has 1 aliphatic rings. The van der Waals surface area contributed by atoms with Crippen molar-refractivity contribution in [3.63, 3.8) is 0 Å². The summed E-state index contributed by atoms with van der Waals surface area (Å²) in [4.78, 5) is 12.2. The summed E-state index contributed by atoms with van der Waals surface area (Å²) in [6, 6.07) is 11.3. The zero-order valence-electron chi connectivity index (χ0n) is 17.1. The van der Waals surface area contributed by atoms with Crippen LogP contribution in [0.1, 0.15) is 68.6 Å². The molecule has 0 saturated heterocycles. The first-order valence-electron chi connectivity index (χ1n) is 10.7. The normalized spacial score (nSPS) is 21.8. The van der Waals surface area contributed by atoms with Crippen LogP contribution in [0.5, 0.6) is 0 Å². The van der Waals surface area contributed by atoms with E-state index in [1.54, 1.807) is 18.2 Å². The number of aryl methyl sites for hydroxylation is 2. The minimum Gasteiger partial charge on any atom is -0.481 e. The number of hydrogen-bond donors (Lipinski definition) is 1. The van der Waals surface area contributed by atoms with Crippen LogP contribution in [0.4, 0.5) is 8.78 Å². The number of carboxylic acid groups (broad SMARTS) is 1. The van der Waals surface area contributed by atoms with Crippen LogP contribution in [0.2, 0.25) is 0 Å². The summed E-state index contributed by atoms with van der Waals surface area (Å²) in [5.74, 6) is -1.05. The number of carbonyl (C=O) groups is 1. The summed E-state index contributed by atoms with van der Waals surface area (Å²) in [6.07, 6.45) is 7.46. The molecule has 0 unspecified atom stereocenters. The Balaban J connectivity index is 1.71. The molecule has 0 aliphatic heterocycles. The molecule has 4 heteroatoms. The van der Waals surface area contributed by atoms with E-state index in [1.807, 2.05) is 6.07 Å². The van der Waals surface area contributed by atoms with Crippen LogP contribution in [-0.4, -0.2) is 11.1 Å². The highest BCUT2D eigenvalue weighted by molar-refractivity contribution is 5.81. The van der Waals surface area contributed by atoms with E-state index in [-0.39, 0.29) is 5.82 Å². The van der Waals surface area contributed by atoms with E-state index in [2.05, 4.69) is 6.92 Å². The molecule has 156 valence electrons. The van der Waals surface area contributed by atoms with Crippen LogP contribution >= 0.6 is 0 Å². The monoisotopic (exact) mass is 400 g/mol. The van der Waals surface area contributed by atoms with Gasteiger partial charge in [-0.25, -0.2) is 8.78 Å². The largest absolute Gasteiger partial charge is 0.481 e. The fourth-order valence-corrected chi connectivity index (χ4v) is 4.59. The van der Waals surface area contributed by atoms with Crippen molar-refractivity contribution in [3.05, 3.63) is 70.8 Å². The Bertz CT molecular complexity index is 821. The number of unbranched alkanes of at least 4 members (excludes halogenated alkanes) is 1. The average Bonchev–Trinajstić information content (AvgIpc) is 2.72. The molecule has 3 rings (SSSR count). The predicted octanol–water partition coefficient (Wildman–Crippen LogP) is 6.45. The molecule has 0 radical (unpaired) electrons. The zero-order valence-corrected chi connectivity index (χ0v) is 17.1. The van der Waals surface area contributed by atoms with Gasteiger partial charge < -0.3 is 5.11 Å². The van der Waals surface area contributed by atoms with Crippen molar-refractivity contribution >= 4 is 5.97 Å². The van der Waals surface area contributed by atoms with Crippen LogP contribution in [0.3, 0.4) is 0 Å². The molecular formula is C25H30F2O2. The maximum atomic E-state index is 15.0. The molecular weight excluding hydrogens is 370 g/mol. The minimum atomic E-state index is -1.11. The molecule has 0 aromatic heterocycles. The Labute approximate surface area is 172 Å². The van der Waals surface area contributed by atoms with Crippen LogP contribution < -0.4 is 0 Å². The zero-order chi connectivity index (χ0) is 20.9. The SMILES string of the molecule is CCCCC1CCC(C(=O)O)(c2ccc(CCc3ccc(F)cc3)cc2F)CC1. The van der Waals surface area contributed by atoms with Crippen molar-refractivity contribution < 1.29 is 18.7 Å². The minimum absolute atomic E-state index is 0.271. The van der Waals surface area contributed by atoms with Crippen LogP contribution in [-0.2, 0) is 23.1 Å². The fourth-order valence-electron chi connectivity index (χ4n) is 4.59. The molecule has 1 fully saturated rings. The molecule has 29 heavy (non-hydrogen) atoms. The summed E-state index contributed by atoms with van der Waals surface area (Å²) in [6.45, 7) is 2.16. The summed E-state index contributed by atoms with van der Waals surface area (Å²) in [7, 11) is 0. The highest BCUT2D eigenvalue weighted by Crippen LogP contribution is 2.44. The van der Waals surface area contributed by atoms with E-state index >= 15 is 4.39 Å². The third kappa shape index (κ3) is 5.04. The van der Waals surface area contributed by atoms with Crippen molar-refractivity contribution in [3.8, 4) is 0 Å². The Morgan fingerprint density at radius 1 is 1.03 bits per heavy atom. The lowest BCUT2D eigenvalue weighted by Crippen LogP contribution is -2.40. The molecule has 1 N–H and O–H groups in total. The topological polar surface area (TPSA) is 37.3 Å². The molecule has 0 spiro atoms. The summed E-state index contributed by atoms with van der Waals surface area (Å²) in [5.41, 5.74) is 1.03. The molecule has 0 atom stereocenters. The van der Waals surface area contributed by atoms with E-state index in [0.29, 0.717) is 37.2 Å². The van der Waals surface area contributed by atoms with Crippen molar-refractivity contribution in [1.29, 1.82) is 0 Å². The standard InChI is InChI=1S/C25H30F2O2/c1-2-3-4-18-13-15-25(16-14-18,24(28)29)22-12-9-20(17-23(22)27)6-5-19-7-10-21(26)11-8-19/h7-12,17-18H,2-6,13-16H2,1H3,(H,28,29). The maximum absolute atomic E-state index is 15.0. The summed E-state index contributed by atoms with van der Waals surface area (Å²) >= 11 is 0. The van der Waals surface area contributed by atoms with Crippen molar-refractivity contribution in [2.75, 3.05) is 0 Å². The quantitative estimate of drug-likeness (QED) is 0.553. The molecule has 1 aliphatic carbocycles. The first-order chi connectivity index (χ1) is 13.9. The van der Waals surface area contributed by atoms with Gasteiger partial charge in [0.1, 0.15) is 11.6 Å². The third-order valence-electron chi connectivity index (χ3n) is 6.50. The molecule has 0 bridgehead atoms. The first-order valence-corrected chi connectivity index (χ1v) is 10.7. The Morgan fingerprint density at radius 2 is 1.66 bits per heavy atom. The fraction of sp³-hybridized carbons (Fsp3) is 0.480. The van der Waals surface area contributed by atoms with Gasteiger partial charge in [-0.15, -0.1) is 0 Å². The number of benzene rings is 2. The van der Waals surface area contributed by atoms with E-state index in [0.717, 1.165) is 36.8 Å². The second-order valence-electron chi connectivity index (χ2n) is 8.41. The molecule has 2 aromatic rings. The molecule has 0 amide bonds. The van der Waals surface area contributed by atoms with Crippen molar-refractivity contribution in [1.82, 2.24) is 0 Å². The lowest BCUT2D eigenvalue weighted by atomic mass is 9.65. The van der Waals surface area contributed by atoms with E-state index < -0.39 is 17.2 Å². The van der Waals surface area contributed by atoms with Gasteiger partial charge in [0.15, 0.2) is 0 Å². The maximum Gasteiger partial charge on any atom is 0.314 e. The van der Waals surface area contributed by atoms with E-state index in [9.17, 15) is 14.3 Å². The van der Waals surface area contributed by atoms with Gasteiger partial charge >= 0.3 is 5.97 Å². The average molecular weight is 401 g/mol. The van der Waals surface area contributed by atoms with E-state index in [1.165, 1.54) is 24.6 Å². The van der Waals surface area contributed by atoms with Gasteiger partial charge in [-0.05, 0) is 73.8 Å². The number of halogens is 2. The number of carboxylic acids is 1. The predicted molar refractivity (Wildman–Crippen MR) is 111 cm³/mol. The van der Waals surface area contributed by atoms with Crippen LogP contribution in [0.25, 0.3) is 0 Å². The van der Waals surface area contributed by atoms with Gasteiger partial charge in [-0.2, -0.15) is 0 Å². The Hall–Kier alpha value is -2.23. The summed E-state index contributed by atoms with van der Waals surface area (Å²) < 4.78 is 28.0. The smallest absolute Gasteiger partial charge is 0.314 e. The van der Waals surface area contributed by atoms with Gasteiger partial charge in [0.05, 0.1) is 5.41 Å². The second kappa shape index (κ2) is 9.51. The molecule has 1 saturated carbocycles. The van der Waals surface area contributed by atoms with Crippen molar-refractivity contribution in [2.45, 2.75) is 70.1 Å². The third-order valence-corrected chi connectivity index (χ3v) is 6.50. The second-order valence-corrected chi connectivity index (χ2v) is 8.41. The van der Waals surface area contributed by atoms with E-state index in [4.69, 9.17) is 0 Å². The lowest BCUT2D eigenvalue weighted by Gasteiger charge is -2.37. The lowest BCUT2D eigenvalue weighted by molar-refractivity contribution is -0.145. The Kier molecular flexibility index (Phi) is 7.05. The van der Waals surface area contributed by atoms with Crippen LogP contribution in [0, 0.1) is 17.6 Å². The van der Waals surface area contributed by atoms with Gasteiger partial charge in [0.2, 0.25) is 0 Å². The molecule has 2 aromatic carbocycles. The van der Waals surface area contributed by atoms with Gasteiger partial charge in [-0.1, -0.05) is 50.5 Å².